The zero-order valence-corrected chi connectivity index (χ0v) is 13.2. The summed E-state index contributed by atoms with van der Waals surface area (Å²) in [4.78, 5) is 0. The average molecular weight is 312 g/mol. The van der Waals surface area contributed by atoms with E-state index < -0.39 is 0 Å². The fourth-order valence-electron chi connectivity index (χ4n) is 2.01. The van der Waals surface area contributed by atoms with Crippen molar-refractivity contribution >= 4 is 12.2 Å². The highest BCUT2D eigenvalue weighted by molar-refractivity contribution is 5.82. The van der Waals surface area contributed by atoms with Crippen molar-refractivity contribution in [2.75, 3.05) is 7.11 Å². The number of rotatable bonds is 6. The van der Waals surface area contributed by atoms with Crippen LogP contribution < -0.4 is 20.9 Å². The topological polar surface area (TPSA) is 95.2 Å². The van der Waals surface area contributed by atoms with Crippen molar-refractivity contribution in [1.82, 2.24) is 0 Å². The van der Waals surface area contributed by atoms with Crippen LogP contribution >= 0.6 is 0 Å². The molecular formula is C17H20N4O2. The van der Waals surface area contributed by atoms with Gasteiger partial charge in [-0.15, -0.1) is 5.10 Å². The highest BCUT2D eigenvalue weighted by atomic mass is 16.5. The molecule has 0 radical (unpaired) electrons. The summed E-state index contributed by atoms with van der Waals surface area (Å²) in [6.45, 7) is 2.52. The van der Waals surface area contributed by atoms with Crippen LogP contribution in [0.1, 0.15) is 16.7 Å². The van der Waals surface area contributed by atoms with Crippen LogP contribution in [0.25, 0.3) is 0 Å². The van der Waals surface area contributed by atoms with Crippen LogP contribution in [0.4, 0.5) is 0 Å². The fourth-order valence-corrected chi connectivity index (χ4v) is 2.01. The number of methoxy groups -OCH3 is 1. The van der Waals surface area contributed by atoms with E-state index in [-0.39, 0.29) is 5.96 Å². The summed E-state index contributed by atoms with van der Waals surface area (Å²) in [6, 6.07) is 13.6. The molecular weight excluding hydrogens is 292 g/mol. The molecule has 2 aromatic rings. The molecule has 0 heterocycles. The predicted molar refractivity (Wildman–Crippen MR) is 91.9 cm³/mol. The van der Waals surface area contributed by atoms with E-state index in [0.717, 1.165) is 11.1 Å². The molecule has 0 atom stereocenters. The Kier molecular flexibility index (Phi) is 5.57. The minimum atomic E-state index is -0.0914. The van der Waals surface area contributed by atoms with Gasteiger partial charge in [0.15, 0.2) is 11.5 Å². The third kappa shape index (κ3) is 5.03. The molecule has 4 N–H and O–H groups in total. The number of hydrogen-bond donors (Lipinski definition) is 2. The molecule has 0 saturated heterocycles. The van der Waals surface area contributed by atoms with Gasteiger partial charge in [0.05, 0.1) is 13.3 Å². The summed E-state index contributed by atoms with van der Waals surface area (Å²) < 4.78 is 11.2. The average Bonchev–Trinajstić information content (AvgIpc) is 2.53. The lowest BCUT2D eigenvalue weighted by molar-refractivity contribution is 0.284. The number of hydrogen-bond acceptors (Lipinski definition) is 4. The molecule has 0 spiro atoms. The first kappa shape index (κ1) is 16.4. The van der Waals surface area contributed by atoms with E-state index in [1.165, 1.54) is 11.8 Å². The zero-order valence-electron chi connectivity index (χ0n) is 13.2. The van der Waals surface area contributed by atoms with Crippen molar-refractivity contribution in [2.45, 2.75) is 13.5 Å². The van der Waals surface area contributed by atoms with Gasteiger partial charge in [0.2, 0.25) is 5.96 Å². The normalized spacial score (nSPS) is 10.5. The van der Waals surface area contributed by atoms with Gasteiger partial charge in [0.25, 0.3) is 0 Å². The monoisotopic (exact) mass is 312 g/mol. The largest absolute Gasteiger partial charge is 0.493 e. The second-order valence-electron chi connectivity index (χ2n) is 4.96. The summed E-state index contributed by atoms with van der Waals surface area (Å²) in [5, 5.41) is 7.32. The van der Waals surface area contributed by atoms with Gasteiger partial charge in [-0.3, -0.25) is 0 Å². The van der Waals surface area contributed by atoms with E-state index in [0.29, 0.717) is 18.1 Å². The lowest BCUT2D eigenvalue weighted by Crippen LogP contribution is -2.21. The van der Waals surface area contributed by atoms with Crippen LogP contribution in [0.5, 0.6) is 11.5 Å². The molecule has 2 rings (SSSR count). The highest BCUT2D eigenvalue weighted by Gasteiger charge is 2.05. The first-order valence-corrected chi connectivity index (χ1v) is 7.07. The Labute approximate surface area is 135 Å². The van der Waals surface area contributed by atoms with Crippen LogP contribution in [0, 0.1) is 6.92 Å². The van der Waals surface area contributed by atoms with Crippen molar-refractivity contribution in [2.24, 2.45) is 21.7 Å². The molecule has 6 heteroatoms. The van der Waals surface area contributed by atoms with Crippen molar-refractivity contribution in [3.8, 4) is 11.5 Å². The third-order valence-electron chi connectivity index (χ3n) is 3.04. The minimum Gasteiger partial charge on any atom is -0.493 e. The molecule has 0 aliphatic rings. The number of nitrogens with zero attached hydrogens (tertiary/aromatic N) is 2. The lowest BCUT2D eigenvalue weighted by Gasteiger charge is -2.11. The van der Waals surface area contributed by atoms with Gasteiger partial charge in [-0.05, 0) is 36.2 Å². The molecule has 0 aliphatic heterocycles. The second kappa shape index (κ2) is 7.84. The van der Waals surface area contributed by atoms with Crippen LogP contribution in [0.15, 0.2) is 52.7 Å². The van der Waals surface area contributed by atoms with Crippen LogP contribution in [-0.2, 0) is 6.61 Å². The Morgan fingerprint density at radius 2 is 1.96 bits per heavy atom. The summed E-state index contributed by atoms with van der Waals surface area (Å²) in [6.07, 6.45) is 1.53. The quantitative estimate of drug-likeness (QED) is 0.485. The molecule has 120 valence electrons. The van der Waals surface area contributed by atoms with Crippen LogP contribution in [-0.4, -0.2) is 19.3 Å². The van der Waals surface area contributed by atoms with Crippen molar-refractivity contribution in [3.05, 3.63) is 59.2 Å². The Bertz CT molecular complexity index is 722. The van der Waals surface area contributed by atoms with Crippen LogP contribution in [0.2, 0.25) is 0 Å². The van der Waals surface area contributed by atoms with Crippen LogP contribution in [0.3, 0.4) is 0 Å². The molecule has 6 nitrogen and oxygen atoms in total. The summed E-state index contributed by atoms with van der Waals surface area (Å²) in [5.74, 6) is 1.19. The van der Waals surface area contributed by atoms with E-state index in [1.54, 1.807) is 13.2 Å². The Hall–Kier alpha value is -3.02. The Morgan fingerprint density at radius 3 is 2.65 bits per heavy atom. The summed E-state index contributed by atoms with van der Waals surface area (Å²) in [5.41, 5.74) is 13.5. The molecule has 0 aliphatic carbocycles. The van der Waals surface area contributed by atoms with E-state index in [2.05, 4.69) is 29.3 Å². The van der Waals surface area contributed by atoms with Gasteiger partial charge in [-0.25, -0.2) is 0 Å². The van der Waals surface area contributed by atoms with Gasteiger partial charge in [-0.2, -0.15) is 5.10 Å². The third-order valence-corrected chi connectivity index (χ3v) is 3.04. The number of aryl methyl sites for hydroxylation is 1. The zero-order chi connectivity index (χ0) is 16.7. The molecule has 0 aromatic heterocycles. The van der Waals surface area contributed by atoms with E-state index >= 15 is 0 Å². The van der Waals surface area contributed by atoms with Crippen molar-refractivity contribution in [1.29, 1.82) is 0 Å². The number of nitrogens with two attached hydrogens (primary N) is 2. The number of guanidine groups is 1. The minimum absolute atomic E-state index is 0.0914. The maximum Gasteiger partial charge on any atom is 0.211 e. The van der Waals surface area contributed by atoms with Gasteiger partial charge in [-0.1, -0.05) is 29.8 Å². The van der Waals surface area contributed by atoms with E-state index in [4.69, 9.17) is 20.9 Å². The molecule has 0 fully saturated rings. The van der Waals surface area contributed by atoms with E-state index in [9.17, 15) is 0 Å². The van der Waals surface area contributed by atoms with Crippen molar-refractivity contribution < 1.29 is 9.47 Å². The molecule has 2 aromatic carbocycles. The molecule has 0 bridgehead atoms. The first-order chi connectivity index (χ1) is 11.1. The summed E-state index contributed by atoms with van der Waals surface area (Å²) in [7, 11) is 1.59. The number of ether oxygens (including phenoxy) is 2. The first-order valence-electron chi connectivity index (χ1n) is 7.07. The summed E-state index contributed by atoms with van der Waals surface area (Å²) >= 11 is 0. The van der Waals surface area contributed by atoms with E-state index in [1.807, 2.05) is 24.3 Å². The molecule has 0 unspecified atom stereocenters. The maximum atomic E-state index is 5.83. The molecule has 23 heavy (non-hydrogen) atoms. The van der Waals surface area contributed by atoms with Gasteiger partial charge >= 0.3 is 0 Å². The maximum absolute atomic E-state index is 5.83. The van der Waals surface area contributed by atoms with Crippen molar-refractivity contribution in [3.63, 3.8) is 0 Å². The number of benzene rings is 2. The Balaban J connectivity index is 2.10. The Morgan fingerprint density at radius 1 is 1.13 bits per heavy atom. The predicted octanol–water partition coefficient (Wildman–Crippen LogP) is 2.19. The fraction of sp³-hybridized carbons (Fsp3) is 0.176. The van der Waals surface area contributed by atoms with Gasteiger partial charge in [0.1, 0.15) is 6.61 Å². The molecule has 0 amide bonds. The SMILES string of the molecule is COc1cc(/C=N/N=C(N)N)ccc1OCc1cccc(C)c1. The second-order valence-corrected chi connectivity index (χ2v) is 4.96. The lowest BCUT2D eigenvalue weighted by atomic mass is 10.1. The van der Waals surface area contributed by atoms with Gasteiger partial charge in [0, 0.05) is 0 Å². The highest BCUT2D eigenvalue weighted by Crippen LogP contribution is 2.28. The smallest absolute Gasteiger partial charge is 0.211 e. The molecule has 0 saturated carbocycles. The van der Waals surface area contributed by atoms with Gasteiger partial charge < -0.3 is 20.9 Å². The standard InChI is InChI=1S/C17H20N4O2/c1-12-4-3-5-14(8-12)11-23-15-7-6-13(9-16(15)22-2)10-20-21-17(18)19/h3-10H,11H2,1-2H3,(H4,18,19,21)/b20-10+.